The highest BCUT2D eigenvalue weighted by Crippen LogP contribution is 2.28. The Morgan fingerprint density at radius 3 is 3.11 bits per heavy atom. The fourth-order valence-corrected chi connectivity index (χ4v) is 1.62. The van der Waals surface area contributed by atoms with Crippen LogP contribution in [0.4, 0.5) is 0 Å². The molecule has 0 N–H and O–H groups in total. The second-order valence-electron chi connectivity index (χ2n) is 2.85. The summed E-state index contributed by atoms with van der Waals surface area (Å²) in [7, 11) is 0. The molecule has 0 amide bonds. The van der Waals surface area contributed by atoms with Crippen molar-refractivity contribution < 1.29 is 4.84 Å². The maximum absolute atomic E-state index is 5.13. The Hall–Kier alpha value is -0.530. The molecule has 2 rings (SSSR count). The van der Waals surface area contributed by atoms with Gasteiger partial charge in [0.25, 0.3) is 0 Å². The zero-order chi connectivity index (χ0) is 6.10. The van der Waals surface area contributed by atoms with E-state index >= 15 is 0 Å². The highest BCUT2D eigenvalue weighted by molar-refractivity contribution is 5.62. The van der Waals surface area contributed by atoms with Crippen LogP contribution >= 0.6 is 0 Å². The Morgan fingerprint density at radius 1 is 1.33 bits per heavy atom. The molecular formula is C7H11NO. The molecule has 2 unspecified atom stereocenters. The molecule has 2 nitrogen and oxygen atoms in total. The first-order valence-corrected chi connectivity index (χ1v) is 3.66. The van der Waals surface area contributed by atoms with E-state index in [4.69, 9.17) is 4.84 Å². The Labute approximate surface area is 54.9 Å². The average molecular weight is 125 g/mol. The Morgan fingerprint density at radius 2 is 2.22 bits per heavy atom. The summed E-state index contributed by atoms with van der Waals surface area (Å²) in [6, 6.07) is 0. The molecule has 0 aromatic carbocycles. The third-order valence-corrected chi connectivity index (χ3v) is 2.20. The maximum Gasteiger partial charge on any atom is 0.135 e. The van der Waals surface area contributed by atoms with Gasteiger partial charge in [-0.15, -0.1) is 0 Å². The normalized spacial score (nSPS) is 40.0. The van der Waals surface area contributed by atoms with Crippen LogP contribution in [0.25, 0.3) is 0 Å². The summed E-state index contributed by atoms with van der Waals surface area (Å²) in [5.74, 6) is 0.652. The topological polar surface area (TPSA) is 21.6 Å². The zero-order valence-electron chi connectivity index (χ0n) is 5.42. The maximum atomic E-state index is 5.13. The minimum atomic E-state index is 0.443. The van der Waals surface area contributed by atoms with Crippen molar-refractivity contribution >= 4 is 6.21 Å². The lowest BCUT2D eigenvalue weighted by atomic mass is 9.88. The fourth-order valence-electron chi connectivity index (χ4n) is 1.62. The summed E-state index contributed by atoms with van der Waals surface area (Å²) in [5.41, 5.74) is 0. The van der Waals surface area contributed by atoms with Crippen LogP contribution in [0, 0.1) is 5.92 Å². The SMILES string of the molecule is C1=NOC2CCCCC12. The smallest absolute Gasteiger partial charge is 0.135 e. The molecule has 1 fully saturated rings. The van der Waals surface area contributed by atoms with E-state index in [1.54, 1.807) is 0 Å². The molecule has 2 heteroatoms. The number of nitrogens with zero attached hydrogens (tertiary/aromatic N) is 1. The van der Waals surface area contributed by atoms with E-state index in [9.17, 15) is 0 Å². The average Bonchev–Trinajstić information content (AvgIpc) is 2.33. The molecule has 0 saturated heterocycles. The van der Waals surface area contributed by atoms with Gasteiger partial charge in [-0.3, -0.25) is 0 Å². The first-order chi connectivity index (χ1) is 4.47. The zero-order valence-corrected chi connectivity index (χ0v) is 5.42. The first-order valence-electron chi connectivity index (χ1n) is 3.66. The molecule has 50 valence electrons. The molecule has 2 atom stereocenters. The highest BCUT2D eigenvalue weighted by atomic mass is 16.6. The standard InChI is InChI=1S/C7H11NO/c1-2-4-7-6(3-1)5-8-9-7/h5-7H,1-4H2. The van der Waals surface area contributed by atoms with Gasteiger partial charge in [0, 0.05) is 5.92 Å². The third kappa shape index (κ3) is 0.824. The number of hydrogen-bond acceptors (Lipinski definition) is 2. The summed E-state index contributed by atoms with van der Waals surface area (Å²) < 4.78 is 0. The minimum Gasteiger partial charge on any atom is -0.392 e. The molecule has 1 aliphatic carbocycles. The van der Waals surface area contributed by atoms with Gasteiger partial charge in [-0.25, -0.2) is 0 Å². The van der Waals surface area contributed by atoms with Gasteiger partial charge in [0.1, 0.15) is 6.10 Å². The largest absolute Gasteiger partial charge is 0.392 e. The highest BCUT2D eigenvalue weighted by Gasteiger charge is 2.28. The lowest BCUT2D eigenvalue weighted by molar-refractivity contribution is 0.0397. The quantitative estimate of drug-likeness (QED) is 0.481. The van der Waals surface area contributed by atoms with E-state index in [0.29, 0.717) is 12.0 Å². The summed E-state index contributed by atoms with van der Waals surface area (Å²) in [6.07, 6.45) is 7.59. The van der Waals surface area contributed by atoms with Crippen LogP contribution in [-0.2, 0) is 4.84 Å². The molecule has 0 aromatic rings. The molecule has 1 saturated carbocycles. The Balaban J connectivity index is 2.03. The van der Waals surface area contributed by atoms with Crippen LogP contribution in [0.5, 0.6) is 0 Å². The molecule has 9 heavy (non-hydrogen) atoms. The monoisotopic (exact) mass is 125 g/mol. The van der Waals surface area contributed by atoms with E-state index in [0.717, 1.165) is 0 Å². The first kappa shape index (κ1) is 5.27. The summed E-state index contributed by atoms with van der Waals surface area (Å²) in [4.78, 5) is 5.13. The van der Waals surface area contributed by atoms with Crippen LogP contribution in [0.15, 0.2) is 5.16 Å². The van der Waals surface area contributed by atoms with E-state index in [-0.39, 0.29) is 0 Å². The van der Waals surface area contributed by atoms with Crippen molar-refractivity contribution in [2.24, 2.45) is 11.1 Å². The van der Waals surface area contributed by atoms with Gasteiger partial charge < -0.3 is 4.84 Å². The van der Waals surface area contributed by atoms with Crippen LogP contribution in [0.2, 0.25) is 0 Å². The van der Waals surface area contributed by atoms with Gasteiger partial charge in [-0.2, -0.15) is 0 Å². The number of hydrogen-bond donors (Lipinski definition) is 0. The number of fused-ring (bicyclic) bond motifs is 1. The van der Waals surface area contributed by atoms with E-state index in [2.05, 4.69) is 5.16 Å². The van der Waals surface area contributed by atoms with Crippen molar-refractivity contribution in [2.45, 2.75) is 31.8 Å². The molecular weight excluding hydrogens is 114 g/mol. The molecule has 0 spiro atoms. The second-order valence-corrected chi connectivity index (χ2v) is 2.85. The van der Waals surface area contributed by atoms with Gasteiger partial charge in [0.15, 0.2) is 0 Å². The molecule has 0 bridgehead atoms. The van der Waals surface area contributed by atoms with Crippen LogP contribution in [0.3, 0.4) is 0 Å². The van der Waals surface area contributed by atoms with Crippen LogP contribution < -0.4 is 0 Å². The van der Waals surface area contributed by atoms with Crippen molar-refractivity contribution in [1.29, 1.82) is 0 Å². The predicted octanol–water partition coefficient (Wildman–Crippen LogP) is 1.56. The van der Waals surface area contributed by atoms with Gasteiger partial charge in [-0.1, -0.05) is 11.6 Å². The summed E-state index contributed by atoms with van der Waals surface area (Å²) in [6.45, 7) is 0. The van der Waals surface area contributed by atoms with Gasteiger partial charge in [0.2, 0.25) is 0 Å². The molecule has 0 radical (unpaired) electrons. The Kier molecular flexibility index (Phi) is 1.18. The number of rotatable bonds is 0. The van der Waals surface area contributed by atoms with E-state index in [1.165, 1.54) is 25.7 Å². The molecule has 0 aromatic heterocycles. The Bertz CT molecular complexity index is 133. The second kappa shape index (κ2) is 2.01. The van der Waals surface area contributed by atoms with E-state index < -0.39 is 0 Å². The minimum absolute atomic E-state index is 0.443. The van der Waals surface area contributed by atoms with Crippen molar-refractivity contribution in [3.8, 4) is 0 Å². The summed E-state index contributed by atoms with van der Waals surface area (Å²) in [5, 5.41) is 3.80. The van der Waals surface area contributed by atoms with Crippen molar-refractivity contribution in [3.05, 3.63) is 0 Å². The lowest BCUT2D eigenvalue weighted by Crippen LogP contribution is -2.22. The van der Waals surface area contributed by atoms with Gasteiger partial charge in [0.05, 0.1) is 6.21 Å². The van der Waals surface area contributed by atoms with Crippen LogP contribution in [0.1, 0.15) is 25.7 Å². The lowest BCUT2D eigenvalue weighted by Gasteiger charge is -2.20. The predicted molar refractivity (Wildman–Crippen MR) is 35.3 cm³/mol. The van der Waals surface area contributed by atoms with Crippen LogP contribution in [-0.4, -0.2) is 12.3 Å². The van der Waals surface area contributed by atoms with Gasteiger partial charge in [-0.05, 0) is 19.3 Å². The van der Waals surface area contributed by atoms with Crippen molar-refractivity contribution in [3.63, 3.8) is 0 Å². The van der Waals surface area contributed by atoms with Crippen molar-refractivity contribution in [2.75, 3.05) is 0 Å². The fraction of sp³-hybridized carbons (Fsp3) is 0.857. The molecule has 2 aliphatic rings. The molecule has 1 heterocycles. The van der Waals surface area contributed by atoms with E-state index in [1.807, 2.05) is 6.21 Å². The molecule has 1 aliphatic heterocycles. The van der Waals surface area contributed by atoms with Crippen molar-refractivity contribution in [1.82, 2.24) is 0 Å². The van der Waals surface area contributed by atoms with Gasteiger partial charge >= 0.3 is 0 Å². The number of oxime groups is 1. The third-order valence-electron chi connectivity index (χ3n) is 2.20. The summed E-state index contributed by atoms with van der Waals surface area (Å²) >= 11 is 0.